The molecule has 0 unspecified atom stereocenters. The molecule has 2 aromatic rings. The van der Waals surface area contributed by atoms with Crippen LogP contribution in [0, 0.1) is 10.1 Å². The van der Waals surface area contributed by atoms with Gasteiger partial charge in [0.2, 0.25) is 0 Å². The van der Waals surface area contributed by atoms with Crippen LogP contribution in [0.15, 0.2) is 42.5 Å². The van der Waals surface area contributed by atoms with Crippen LogP contribution in [0.5, 0.6) is 5.75 Å². The number of nitrogens with zero attached hydrogens (tertiary/aromatic N) is 1. The molecule has 0 spiro atoms. The Morgan fingerprint density at radius 2 is 1.77 bits per heavy atom. The van der Waals surface area contributed by atoms with E-state index in [1.807, 2.05) is 0 Å². The Labute approximate surface area is 123 Å². The molecule has 0 heterocycles. The summed E-state index contributed by atoms with van der Waals surface area (Å²) in [6.07, 6.45) is 0. The number of aromatic carboxylic acids is 1. The van der Waals surface area contributed by atoms with Crippen molar-refractivity contribution in [2.75, 3.05) is 5.32 Å². The lowest BCUT2D eigenvalue weighted by atomic mass is 10.1. The van der Waals surface area contributed by atoms with Gasteiger partial charge in [0, 0.05) is 6.07 Å². The fourth-order valence-electron chi connectivity index (χ4n) is 1.82. The first-order valence-electron chi connectivity index (χ1n) is 5.99. The first-order chi connectivity index (χ1) is 10.4. The van der Waals surface area contributed by atoms with Crippen molar-refractivity contribution in [3.8, 4) is 5.75 Å². The number of carboxylic acid groups (broad SMARTS) is 1. The highest BCUT2D eigenvalue weighted by Crippen LogP contribution is 2.23. The molecule has 2 N–H and O–H groups in total. The third-order valence-corrected chi connectivity index (χ3v) is 2.82. The van der Waals surface area contributed by atoms with Crippen LogP contribution in [0.1, 0.15) is 20.7 Å². The maximum atomic E-state index is 12.1. The van der Waals surface area contributed by atoms with Crippen LogP contribution < -0.4 is 10.4 Å². The minimum Gasteiger partial charge on any atom is -0.872 e. The van der Waals surface area contributed by atoms with Crippen molar-refractivity contribution in [2.24, 2.45) is 0 Å². The second-order valence-electron chi connectivity index (χ2n) is 4.24. The number of nitrogens with one attached hydrogen (secondary N) is 1. The van der Waals surface area contributed by atoms with Gasteiger partial charge in [-0.1, -0.05) is 24.3 Å². The van der Waals surface area contributed by atoms with Crippen molar-refractivity contribution in [2.45, 2.75) is 0 Å². The molecule has 0 fully saturated rings. The number of rotatable bonds is 4. The summed E-state index contributed by atoms with van der Waals surface area (Å²) in [5, 5.41) is 33.4. The van der Waals surface area contributed by atoms with E-state index in [0.717, 1.165) is 24.3 Å². The number of carboxylic acids is 1. The molecule has 0 aliphatic carbocycles. The average Bonchev–Trinajstić information content (AvgIpc) is 2.48. The molecule has 0 saturated heterocycles. The van der Waals surface area contributed by atoms with E-state index >= 15 is 0 Å². The van der Waals surface area contributed by atoms with Crippen molar-refractivity contribution in [1.29, 1.82) is 0 Å². The maximum absolute atomic E-state index is 12.1. The zero-order valence-corrected chi connectivity index (χ0v) is 11.0. The van der Waals surface area contributed by atoms with Crippen LogP contribution in [0.4, 0.5) is 11.4 Å². The van der Waals surface area contributed by atoms with Gasteiger partial charge in [-0.2, -0.15) is 0 Å². The van der Waals surface area contributed by atoms with Gasteiger partial charge in [-0.3, -0.25) is 14.9 Å². The lowest BCUT2D eigenvalue weighted by Crippen LogP contribution is -2.16. The number of anilines is 1. The fourth-order valence-corrected chi connectivity index (χ4v) is 1.82. The number of benzene rings is 2. The predicted molar refractivity (Wildman–Crippen MR) is 73.9 cm³/mol. The molecule has 8 heteroatoms. The quantitative estimate of drug-likeness (QED) is 0.651. The Balaban J connectivity index is 2.38. The van der Waals surface area contributed by atoms with Gasteiger partial charge in [0.1, 0.15) is 5.56 Å². The van der Waals surface area contributed by atoms with Crippen molar-refractivity contribution < 1.29 is 24.7 Å². The van der Waals surface area contributed by atoms with Gasteiger partial charge >= 0.3 is 5.97 Å². The number of nitro groups is 1. The van der Waals surface area contributed by atoms with E-state index in [1.54, 1.807) is 0 Å². The summed E-state index contributed by atoms with van der Waals surface area (Å²) in [6, 6.07) is 8.34. The van der Waals surface area contributed by atoms with Gasteiger partial charge in [0.15, 0.2) is 0 Å². The Kier molecular flexibility index (Phi) is 4.03. The topological polar surface area (TPSA) is 133 Å². The normalized spacial score (nSPS) is 10.0. The van der Waals surface area contributed by atoms with E-state index in [4.69, 9.17) is 5.11 Å². The van der Waals surface area contributed by atoms with Crippen molar-refractivity contribution in [1.82, 2.24) is 0 Å². The zero-order chi connectivity index (χ0) is 16.3. The third kappa shape index (κ3) is 3.01. The highest BCUT2D eigenvalue weighted by atomic mass is 16.6. The van der Waals surface area contributed by atoms with Crippen LogP contribution in [0.25, 0.3) is 0 Å². The largest absolute Gasteiger partial charge is 0.872 e. The monoisotopic (exact) mass is 301 g/mol. The van der Waals surface area contributed by atoms with Crippen LogP contribution in [0.3, 0.4) is 0 Å². The molecule has 0 saturated carbocycles. The molecule has 22 heavy (non-hydrogen) atoms. The number of hydrogen-bond acceptors (Lipinski definition) is 5. The van der Waals surface area contributed by atoms with Gasteiger partial charge in [-0.15, -0.1) is 5.75 Å². The molecule has 1 amide bonds. The van der Waals surface area contributed by atoms with E-state index in [-0.39, 0.29) is 16.8 Å². The van der Waals surface area contributed by atoms with E-state index < -0.39 is 28.2 Å². The van der Waals surface area contributed by atoms with Gasteiger partial charge in [0.25, 0.3) is 11.6 Å². The zero-order valence-electron chi connectivity index (χ0n) is 11.0. The lowest BCUT2D eigenvalue weighted by Gasteiger charge is -2.12. The summed E-state index contributed by atoms with van der Waals surface area (Å²) in [6.45, 7) is 0. The second kappa shape index (κ2) is 5.92. The van der Waals surface area contributed by atoms with Crippen molar-refractivity contribution in [3.63, 3.8) is 0 Å². The summed E-state index contributed by atoms with van der Waals surface area (Å²) >= 11 is 0. The number of amides is 1. The number of nitro benzene ring substituents is 1. The molecule has 2 rings (SSSR count). The van der Waals surface area contributed by atoms with Crippen molar-refractivity contribution >= 4 is 23.3 Å². The number of carbonyl (C=O) groups is 2. The molecule has 0 aliphatic rings. The SMILES string of the molecule is O=C(O)c1cc([O-])ccc1NC(=O)c1ccccc1[N+](=O)[O-]. The molecule has 8 nitrogen and oxygen atoms in total. The molecule has 0 atom stereocenters. The Morgan fingerprint density at radius 1 is 1.09 bits per heavy atom. The van der Waals surface area contributed by atoms with Crippen molar-refractivity contribution in [3.05, 3.63) is 63.7 Å². The lowest BCUT2D eigenvalue weighted by molar-refractivity contribution is -0.385. The summed E-state index contributed by atoms with van der Waals surface area (Å²) < 4.78 is 0. The minimum atomic E-state index is -1.39. The van der Waals surface area contributed by atoms with E-state index in [9.17, 15) is 24.8 Å². The number of hydrogen-bond donors (Lipinski definition) is 2. The molecule has 112 valence electrons. The summed E-state index contributed by atoms with van der Waals surface area (Å²) in [5.41, 5.74) is -1.12. The molecular formula is C14H9N2O6-. The highest BCUT2D eigenvalue weighted by Gasteiger charge is 2.20. The number of carbonyl (C=O) groups excluding carboxylic acids is 1. The smallest absolute Gasteiger partial charge is 0.337 e. The first kappa shape index (κ1) is 15.0. The van der Waals surface area contributed by atoms with E-state index in [1.165, 1.54) is 18.2 Å². The van der Waals surface area contributed by atoms with Gasteiger partial charge in [-0.05, 0) is 12.1 Å². The Hall–Kier alpha value is -3.42. The van der Waals surface area contributed by atoms with E-state index in [2.05, 4.69) is 5.32 Å². The summed E-state index contributed by atoms with van der Waals surface area (Å²) in [5.74, 6) is -2.76. The molecule has 0 radical (unpaired) electrons. The maximum Gasteiger partial charge on any atom is 0.337 e. The molecule has 0 aromatic heterocycles. The molecule has 0 bridgehead atoms. The number of para-hydroxylation sites is 1. The van der Waals surface area contributed by atoms with Gasteiger partial charge in [0.05, 0.1) is 16.2 Å². The Morgan fingerprint density at radius 3 is 2.41 bits per heavy atom. The van der Waals surface area contributed by atoms with Crippen LogP contribution in [-0.4, -0.2) is 21.9 Å². The summed E-state index contributed by atoms with van der Waals surface area (Å²) in [7, 11) is 0. The third-order valence-electron chi connectivity index (χ3n) is 2.82. The second-order valence-corrected chi connectivity index (χ2v) is 4.24. The minimum absolute atomic E-state index is 0.116. The van der Waals surface area contributed by atoms with Gasteiger partial charge in [-0.25, -0.2) is 4.79 Å². The molecular weight excluding hydrogens is 292 g/mol. The van der Waals surface area contributed by atoms with Crippen LogP contribution in [0.2, 0.25) is 0 Å². The Bertz CT molecular complexity index is 772. The predicted octanol–water partition coefficient (Wildman–Crippen LogP) is 1.62. The van der Waals surface area contributed by atoms with Crippen LogP contribution >= 0.6 is 0 Å². The average molecular weight is 301 g/mol. The standard InChI is InChI=1S/C14H10N2O6/c17-8-5-6-11(10(7-8)14(19)20)15-13(18)9-3-1-2-4-12(9)16(21)22/h1-7,17H,(H,15,18)(H,19,20)/p-1. The summed E-state index contributed by atoms with van der Waals surface area (Å²) in [4.78, 5) is 33.4. The molecule has 0 aliphatic heterocycles. The first-order valence-corrected chi connectivity index (χ1v) is 5.99. The van der Waals surface area contributed by atoms with Gasteiger partial charge < -0.3 is 15.5 Å². The highest BCUT2D eigenvalue weighted by molar-refractivity contribution is 6.09. The molecule has 2 aromatic carbocycles. The van der Waals surface area contributed by atoms with E-state index in [0.29, 0.717) is 0 Å². The fraction of sp³-hybridized carbons (Fsp3) is 0. The van der Waals surface area contributed by atoms with Crippen LogP contribution in [-0.2, 0) is 0 Å².